The molecule has 0 bridgehead atoms. The molecule has 0 fully saturated rings. The third-order valence-corrected chi connectivity index (χ3v) is 2.49. The Morgan fingerprint density at radius 3 is 2.90 bits per heavy atom. The van der Waals surface area contributed by atoms with Gasteiger partial charge in [-0.2, -0.15) is 5.10 Å². The maximum absolute atomic E-state index is 11.5. The molecule has 0 saturated heterocycles. The van der Waals surface area contributed by atoms with Crippen molar-refractivity contribution >= 4 is 18.2 Å². The lowest BCUT2D eigenvalue weighted by Crippen LogP contribution is -2.16. The summed E-state index contributed by atoms with van der Waals surface area (Å²) in [6.45, 7) is 0. The minimum absolute atomic E-state index is 0.218. The zero-order valence-corrected chi connectivity index (χ0v) is 10.9. The van der Waals surface area contributed by atoms with Crippen molar-refractivity contribution < 1.29 is 13.9 Å². The standard InChI is InChI=1S/C15H14N2O3/c1-19-13-8-3-2-6-12(13)7-4-10-16-17-15(18)14-9-5-11-20-14/h2-11H,1H3,(H,17,18)/b7-4+,16-10-. The summed E-state index contributed by atoms with van der Waals surface area (Å²) in [5, 5.41) is 3.79. The summed E-state index contributed by atoms with van der Waals surface area (Å²) < 4.78 is 10.1. The Morgan fingerprint density at radius 1 is 1.30 bits per heavy atom. The predicted molar refractivity (Wildman–Crippen MR) is 76.7 cm³/mol. The number of ether oxygens (including phenoxy) is 1. The number of carbonyl (C=O) groups excluding carboxylic acids is 1. The van der Waals surface area contributed by atoms with Gasteiger partial charge < -0.3 is 9.15 Å². The van der Waals surface area contributed by atoms with Crippen LogP contribution in [0.25, 0.3) is 6.08 Å². The van der Waals surface area contributed by atoms with E-state index in [1.165, 1.54) is 12.5 Å². The minimum atomic E-state index is -0.392. The van der Waals surface area contributed by atoms with Gasteiger partial charge >= 0.3 is 5.91 Å². The summed E-state index contributed by atoms with van der Waals surface area (Å²) in [4.78, 5) is 11.5. The number of hydrazone groups is 1. The molecule has 0 aliphatic rings. The van der Waals surface area contributed by atoms with Crippen molar-refractivity contribution in [1.82, 2.24) is 5.43 Å². The molecule has 2 aromatic rings. The number of benzene rings is 1. The second-order valence-corrected chi connectivity index (χ2v) is 3.80. The molecule has 0 aliphatic heterocycles. The van der Waals surface area contributed by atoms with E-state index < -0.39 is 5.91 Å². The van der Waals surface area contributed by atoms with Crippen LogP contribution in [0.2, 0.25) is 0 Å². The van der Waals surface area contributed by atoms with Crippen LogP contribution in [0.1, 0.15) is 16.1 Å². The highest BCUT2D eigenvalue weighted by Crippen LogP contribution is 2.18. The molecule has 2 rings (SSSR count). The molecule has 0 spiro atoms. The average molecular weight is 270 g/mol. The first kappa shape index (κ1) is 13.6. The molecule has 1 heterocycles. The number of methoxy groups -OCH3 is 1. The molecule has 1 N–H and O–H groups in total. The number of hydrogen-bond donors (Lipinski definition) is 1. The SMILES string of the molecule is COc1ccccc1/C=C/C=N\NC(=O)c1ccco1. The quantitative estimate of drug-likeness (QED) is 0.671. The fraction of sp³-hybridized carbons (Fsp3) is 0.0667. The van der Waals surface area contributed by atoms with E-state index in [0.717, 1.165) is 11.3 Å². The Kier molecular flexibility index (Phi) is 4.72. The number of para-hydroxylation sites is 1. The Morgan fingerprint density at radius 2 is 2.15 bits per heavy atom. The van der Waals surface area contributed by atoms with E-state index in [-0.39, 0.29) is 5.76 Å². The van der Waals surface area contributed by atoms with Crippen LogP contribution in [0.5, 0.6) is 5.75 Å². The fourth-order valence-corrected chi connectivity index (χ4v) is 1.55. The number of amides is 1. The van der Waals surface area contributed by atoms with Crippen LogP contribution in [0.4, 0.5) is 0 Å². The van der Waals surface area contributed by atoms with E-state index in [0.29, 0.717) is 0 Å². The second-order valence-electron chi connectivity index (χ2n) is 3.80. The van der Waals surface area contributed by atoms with E-state index in [4.69, 9.17) is 9.15 Å². The number of nitrogens with one attached hydrogen (secondary N) is 1. The normalized spacial score (nSPS) is 11.1. The maximum atomic E-state index is 11.5. The van der Waals surface area contributed by atoms with E-state index >= 15 is 0 Å². The van der Waals surface area contributed by atoms with Gasteiger partial charge in [-0.3, -0.25) is 4.79 Å². The van der Waals surface area contributed by atoms with Crippen molar-refractivity contribution in [1.29, 1.82) is 0 Å². The fourth-order valence-electron chi connectivity index (χ4n) is 1.55. The van der Waals surface area contributed by atoms with E-state index in [1.54, 1.807) is 25.3 Å². The molecule has 0 saturated carbocycles. The van der Waals surface area contributed by atoms with E-state index in [2.05, 4.69) is 10.5 Å². The number of nitrogens with zero attached hydrogens (tertiary/aromatic N) is 1. The van der Waals surface area contributed by atoms with Crippen LogP contribution in [-0.4, -0.2) is 19.2 Å². The van der Waals surface area contributed by atoms with Crippen molar-refractivity contribution in [2.45, 2.75) is 0 Å². The zero-order chi connectivity index (χ0) is 14.2. The van der Waals surface area contributed by atoms with Crippen molar-refractivity contribution in [3.63, 3.8) is 0 Å². The summed E-state index contributed by atoms with van der Waals surface area (Å²) in [5.74, 6) is 0.601. The van der Waals surface area contributed by atoms with Gasteiger partial charge in [-0.25, -0.2) is 5.43 Å². The third kappa shape index (κ3) is 3.58. The van der Waals surface area contributed by atoms with Gasteiger partial charge in [-0.05, 0) is 30.4 Å². The van der Waals surface area contributed by atoms with Crippen LogP contribution in [0.3, 0.4) is 0 Å². The van der Waals surface area contributed by atoms with Crippen LogP contribution in [0, 0.1) is 0 Å². The second kappa shape index (κ2) is 6.94. The zero-order valence-electron chi connectivity index (χ0n) is 10.9. The molecule has 102 valence electrons. The highest BCUT2D eigenvalue weighted by molar-refractivity contribution is 5.92. The average Bonchev–Trinajstić information content (AvgIpc) is 3.01. The molecule has 5 heteroatoms. The number of allylic oxidation sites excluding steroid dienone is 1. The van der Waals surface area contributed by atoms with Gasteiger partial charge in [-0.1, -0.05) is 18.2 Å². The summed E-state index contributed by atoms with van der Waals surface area (Å²) in [7, 11) is 1.62. The first-order valence-electron chi connectivity index (χ1n) is 5.98. The number of rotatable bonds is 5. The highest BCUT2D eigenvalue weighted by Gasteiger charge is 2.05. The molecule has 1 aromatic carbocycles. The van der Waals surface area contributed by atoms with Gasteiger partial charge in [0.15, 0.2) is 5.76 Å². The smallest absolute Gasteiger partial charge is 0.307 e. The topological polar surface area (TPSA) is 63.8 Å². The van der Waals surface area contributed by atoms with Crippen molar-refractivity contribution in [2.75, 3.05) is 7.11 Å². The van der Waals surface area contributed by atoms with Crippen LogP contribution in [-0.2, 0) is 0 Å². The molecule has 0 aliphatic carbocycles. The molecular weight excluding hydrogens is 256 g/mol. The lowest BCUT2D eigenvalue weighted by Gasteiger charge is -2.02. The Balaban J connectivity index is 1.90. The number of furan rings is 1. The molecule has 0 radical (unpaired) electrons. The van der Waals surface area contributed by atoms with Gasteiger partial charge in [0.05, 0.1) is 13.4 Å². The third-order valence-electron chi connectivity index (χ3n) is 2.49. The van der Waals surface area contributed by atoms with Gasteiger partial charge in [-0.15, -0.1) is 0 Å². The molecular formula is C15H14N2O3. The molecule has 0 atom stereocenters. The van der Waals surface area contributed by atoms with E-state index in [1.807, 2.05) is 30.3 Å². The highest BCUT2D eigenvalue weighted by atomic mass is 16.5. The van der Waals surface area contributed by atoms with Gasteiger partial charge in [0.1, 0.15) is 5.75 Å². The monoisotopic (exact) mass is 270 g/mol. The van der Waals surface area contributed by atoms with Gasteiger partial charge in [0.2, 0.25) is 0 Å². The van der Waals surface area contributed by atoms with Crippen molar-refractivity contribution in [2.24, 2.45) is 5.10 Å². The molecule has 5 nitrogen and oxygen atoms in total. The maximum Gasteiger partial charge on any atom is 0.307 e. The largest absolute Gasteiger partial charge is 0.496 e. The van der Waals surface area contributed by atoms with Crippen LogP contribution < -0.4 is 10.2 Å². The predicted octanol–water partition coefficient (Wildman–Crippen LogP) is 2.72. The summed E-state index contributed by atoms with van der Waals surface area (Å²) in [6.07, 6.45) is 6.45. The summed E-state index contributed by atoms with van der Waals surface area (Å²) >= 11 is 0. The number of hydrogen-bond acceptors (Lipinski definition) is 4. The van der Waals surface area contributed by atoms with Crippen LogP contribution >= 0.6 is 0 Å². The Labute approximate surface area is 116 Å². The first-order chi connectivity index (χ1) is 9.81. The Hall–Kier alpha value is -2.82. The van der Waals surface area contributed by atoms with Crippen molar-refractivity contribution in [3.05, 3.63) is 60.1 Å². The summed E-state index contributed by atoms with van der Waals surface area (Å²) in [5.41, 5.74) is 3.28. The molecule has 1 aromatic heterocycles. The lowest BCUT2D eigenvalue weighted by atomic mass is 10.2. The molecule has 1 amide bonds. The molecule has 0 unspecified atom stereocenters. The minimum Gasteiger partial charge on any atom is -0.496 e. The Bertz CT molecular complexity index is 616. The van der Waals surface area contributed by atoms with Crippen LogP contribution in [0.15, 0.2) is 58.3 Å². The first-order valence-corrected chi connectivity index (χ1v) is 5.98. The van der Waals surface area contributed by atoms with Gasteiger partial charge in [0.25, 0.3) is 0 Å². The summed E-state index contributed by atoms with van der Waals surface area (Å²) in [6, 6.07) is 10.8. The van der Waals surface area contributed by atoms with E-state index in [9.17, 15) is 4.79 Å². The number of carbonyl (C=O) groups is 1. The lowest BCUT2D eigenvalue weighted by molar-refractivity contribution is 0.0927. The van der Waals surface area contributed by atoms with Crippen molar-refractivity contribution in [3.8, 4) is 5.75 Å². The molecule has 20 heavy (non-hydrogen) atoms. The van der Waals surface area contributed by atoms with Gasteiger partial charge in [0, 0.05) is 11.8 Å².